The summed E-state index contributed by atoms with van der Waals surface area (Å²) in [4.78, 5) is 12.4. The van der Waals surface area contributed by atoms with Crippen molar-refractivity contribution >= 4 is 21.6 Å². The fraction of sp³-hybridized carbons (Fsp3) is 0.444. The lowest BCUT2D eigenvalue weighted by molar-refractivity contribution is -0.115. The Morgan fingerprint density at radius 3 is 2.61 bits per heavy atom. The van der Waals surface area contributed by atoms with Gasteiger partial charge in [-0.25, -0.2) is 8.42 Å². The number of methoxy groups -OCH3 is 1. The molecule has 0 bridgehead atoms. The zero-order valence-electron chi connectivity index (χ0n) is 16.0. The van der Waals surface area contributed by atoms with Gasteiger partial charge in [-0.1, -0.05) is 5.16 Å². The molecule has 152 valence electrons. The second-order valence-corrected chi connectivity index (χ2v) is 8.32. The third kappa shape index (κ3) is 4.18. The summed E-state index contributed by atoms with van der Waals surface area (Å²) < 4.78 is 42.9. The van der Waals surface area contributed by atoms with Crippen molar-refractivity contribution in [3.05, 3.63) is 35.2 Å². The van der Waals surface area contributed by atoms with Crippen LogP contribution >= 0.6 is 0 Å². The lowest BCUT2D eigenvalue weighted by Crippen LogP contribution is -2.40. The zero-order valence-corrected chi connectivity index (χ0v) is 16.8. The molecule has 3 rings (SSSR count). The van der Waals surface area contributed by atoms with Crippen LogP contribution in [0.1, 0.15) is 17.0 Å². The molecule has 0 radical (unpaired) electrons. The quantitative estimate of drug-likeness (QED) is 0.770. The predicted octanol–water partition coefficient (Wildman–Crippen LogP) is 1.50. The monoisotopic (exact) mass is 409 g/mol. The summed E-state index contributed by atoms with van der Waals surface area (Å²) in [6, 6.07) is 4.54. The standard InChI is InChI=1S/C18H23N3O6S/c1-12-15(13(2)27-20-12)11-18(22)19-14-4-5-16(25-3)17(10-14)28(23,24)21-6-8-26-9-7-21/h4-5,10H,6-9,11H2,1-3H3,(H,19,22). The van der Waals surface area contributed by atoms with E-state index in [1.54, 1.807) is 19.9 Å². The summed E-state index contributed by atoms with van der Waals surface area (Å²) >= 11 is 0. The highest BCUT2D eigenvalue weighted by Crippen LogP contribution is 2.30. The van der Waals surface area contributed by atoms with E-state index in [0.717, 1.165) is 0 Å². The summed E-state index contributed by atoms with van der Waals surface area (Å²) in [5, 5.41) is 6.56. The van der Waals surface area contributed by atoms with Crippen LogP contribution in [0.3, 0.4) is 0 Å². The number of aromatic nitrogens is 1. The van der Waals surface area contributed by atoms with Gasteiger partial charge in [0.1, 0.15) is 16.4 Å². The van der Waals surface area contributed by atoms with Crippen LogP contribution in [0.15, 0.2) is 27.6 Å². The minimum atomic E-state index is -3.77. The molecule has 28 heavy (non-hydrogen) atoms. The number of hydrogen-bond acceptors (Lipinski definition) is 7. The van der Waals surface area contributed by atoms with Crippen molar-refractivity contribution in [2.75, 3.05) is 38.7 Å². The van der Waals surface area contributed by atoms with Gasteiger partial charge in [-0.2, -0.15) is 4.31 Å². The molecule has 2 heterocycles. The van der Waals surface area contributed by atoms with Gasteiger partial charge in [0.25, 0.3) is 0 Å². The molecule has 2 aromatic rings. The van der Waals surface area contributed by atoms with Gasteiger partial charge in [0.15, 0.2) is 0 Å². The number of nitrogens with zero attached hydrogens (tertiary/aromatic N) is 2. The van der Waals surface area contributed by atoms with Crippen molar-refractivity contribution in [2.24, 2.45) is 0 Å². The van der Waals surface area contributed by atoms with E-state index < -0.39 is 10.0 Å². The largest absolute Gasteiger partial charge is 0.495 e. The molecule has 1 amide bonds. The molecule has 1 aromatic heterocycles. The van der Waals surface area contributed by atoms with E-state index in [0.29, 0.717) is 35.9 Å². The third-order valence-electron chi connectivity index (χ3n) is 4.55. The molecule has 1 aliphatic rings. The molecule has 0 saturated carbocycles. The molecule has 1 aliphatic heterocycles. The number of amides is 1. The molecule has 0 spiro atoms. The molecule has 1 fully saturated rings. The second-order valence-electron chi connectivity index (χ2n) is 6.41. The maximum Gasteiger partial charge on any atom is 0.246 e. The smallest absolute Gasteiger partial charge is 0.246 e. The molecule has 1 aromatic carbocycles. The van der Waals surface area contributed by atoms with Gasteiger partial charge in [-0.3, -0.25) is 4.79 Å². The fourth-order valence-corrected chi connectivity index (χ4v) is 4.59. The SMILES string of the molecule is COc1ccc(NC(=O)Cc2c(C)noc2C)cc1S(=O)(=O)N1CCOCC1. The Morgan fingerprint density at radius 2 is 2.00 bits per heavy atom. The molecule has 0 atom stereocenters. The van der Waals surface area contributed by atoms with Crippen molar-refractivity contribution in [1.29, 1.82) is 0 Å². The number of nitrogens with one attached hydrogen (secondary N) is 1. The number of aryl methyl sites for hydroxylation is 2. The molecule has 9 nitrogen and oxygen atoms in total. The minimum absolute atomic E-state index is 0.00652. The van der Waals surface area contributed by atoms with E-state index in [1.807, 2.05) is 0 Å². The summed E-state index contributed by atoms with van der Waals surface area (Å²) in [6.45, 7) is 4.73. The van der Waals surface area contributed by atoms with E-state index in [4.69, 9.17) is 14.0 Å². The maximum atomic E-state index is 13.0. The average molecular weight is 409 g/mol. The van der Waals surface area contributed by atoms with Crippen LogP contribution in [0.25, 0.3) is 0 Å². The topological polar surface area (TPSA) is 111 Å². The van der Waals surface area contributed by atoms with Gasteiger partial charge in [0.05, 0.1) is 32.4 Å². The van der Waals surface area contributed by atoms with Crippen LogP contribution < -0.4 is 10.1 Å². The summed E-state index contributed by atoms with van der Waals surface area (Å²) in [6.07, 6.45) is 0.0821. The van der Waals surface area contributed by atoms with Crippen LogP contribution in [0.5, 0.6) is 5.75 Å². The van der Waals surface area contributed by atoms with Crippen LogP contribution in [0.4, 0.5) is 5.69 Å². The number of rotatable bonds is 6. The van der Waals surface area contributed by atoms with Crippen molar-refractivity contribution in [3.8, 4) is 5.75 Å². The average Bonchev–Trinajstić information content (AvgIpc) is 3.00. The Labute approximate surface area is 163 Å². The van der Waals surface area contributed by atoms with Crippen molar-refractivity contribution in [1.82, 2.24) is 9.46 Å². The first-order chi connectivity index (χ1) is 13.3. The van der Waals surface area contributed by atoms with E-state index in [9.17, 15) is 13.2 Å². The Morgan fingerprint density at radius 1 is 1.29 bits per heavy atom. The fourth-order valence-electron chi connectivity index (χ4n) is 3.00. The Balaban J connectivity index is 1.83. The van der Waals surface area contributed by atoms with E-state index in [2.05, 4.69) is 10.5 Å². The summed E-state index contributed by atoms with van der Waals surface area (Å²) in [7, 11) is -2.37. The Bertz CT molecular complexity index is 944. The Hall–Kier alpha value is -2.43. The normalized spacial score (nSPS) is 15.4. The zero-order chi connectivity index (χ0) is 20.3. The molecule has 1 N–H and O–H groups in total. The van der Waals surface area contributed by atoms with Crippen LogP contribution in [-0.4, -0.2) is 57.2 Å². The van der Waals surface area contributed by atoms with Gasteiger partial charge in [-0.05, 0) is 32.0 Å². The molecule has 0 aliphatic carbocycles. The van der Waals surface area contributed by atoms with Crippen LogP contribution in [0, 0.1) is 13.8 Å². The van der Waals surface area contributed by atoms with Gasteiger partial charge >= 0.3 is 0 Å². The van der Waals surface area contributed by atoms with Crippen molar-refractivity contribution in [3.63, 3.8) is 0 Å². The van der Waals surface area contributed by atoms with E-state index >= 15 is 0 Å². The highest BCUT2D eigenvalue weighted by atomic mass is 32.2. The highest BCUT2D eigenvalue weighted by Gasteiger charge is 2.29. The van der Waals surface area contributed by atoms with Crippen LogP contribution in [0.2, 0.25) is 0 Å². The molecular weight excluding hydrogens is 386 g/mol. The van der Waals surface area contributed by atoms with Crippen molar-refractivity contribution < 1.29 is 27.2 Å². The van der Waals surface area contributed by atoms with Crippen LogP contribution in [-0.2, 0) is 26.0 Å². The molecule has 10 heteroatoms. The first kappa shape index (κ1) is 20.3. The lowest BCUT2D eigenvalue weighted by Gasteiger charge is -2.26. The second kappa shape index (κ2) is 8.29. The Kier molecular flexibility index (Phi) is 6.01. The van der Waals surface area contributed by atoms with Gasteiger partial charge < -0.3 is 19.3 Å². The third-order valence-corrected chi connectivity index (χ3v) is 6.47. The number of benzene rings is 1. The number of sulfonamides is 1. The maximum absolute atomic E-state index is 13.0. The van der Waals surface area contributed by atoms with E-state index in [1.165, 1.54) is 23.5 Å². The van der Waals surface area contributed by atoms with E-state index in [-0.39, 0.29) is 36.1 Å². The van der Waals surface area contributed by atoms with Crippen molar-refractivity contribution in [2.45, 2.75) is 25.2 Å². The number of hydrogen-bond donors (Lipinski definition) is 1. The van der Waals surface area contributed by atoms with Gasteiger partial charge in [0, 0.05) is 24.3 Å². The number of anilines is 1. The summed E-state index contributed by atoms with van der Waals surface area (Å²) in [5.41, 5.74) is 1.73. The number of ether oxygens (including phenoxy) is 2. The number of morpholine rings is 1. The molecular formula is C18H23N3O6S. The first-order valence-corrected chi connectivity index (χ1v) is 10.2. The lowest BCUT2D eigenvalue weighted by atomic mass is 10.1. The summed E-state index contributed by atoms with van der Waals surface area (Å²) in [5.74, 6) is 0.502. The first-order valence-electron chi connectivity index (χ1n) is 8.80. The number of carbonyl (C=O) groups is 1. The van der Waals surface area contributed by atoms with Gasteiger partial charge in [-0.15, -0.1) is 0 Å². The predicted molar refractivity (Wildman–Crippen MR) is 101 cm³/mol. The minimum Gasteiger partial charge on any atom is -0.495 e. The highest BCUT2D eigenvalue weighted by molar-refractivity contribution is 7.89. The molecule has 1 saturated heterocycles. The van der Waals surface area contributed by atoms with Gasteiger partial charge in [0.2, 0.25) is 15.9 Å². The molecule has 0 unspecified atom stereocenters. The number of carbonyl (C=O) groups excluding carboxylic acids is 1.